The number of allylic oxidation sites excluding steroid dienone is 5. The van der Waals surface area contributed by atoms with E-state index in [9.17, 15) is 4.79 Å². The monoisotopic (exact) mass is 448 g/mol. The van der Waals surface area contributed by atoms with Crippen LogP contribution < -0.4 is 0 Å². The molecule has 2 unspecified atom stereocenters. The van der Waals surface area contributed by atoms with Crippen LogP contribution in [0.4, 0.5) is 0 Å². The lowest BCUT2D eigenvalue weighted by Gasteiger charge is -2.57. The van der Waals surface area contributed by atoms with Gasteiger partial charge < -0.3 is 4.79 Å². The van der Waals surface area contributed by atoms with Crippen LogP contribution in [-0.4, -0.2) is 6.29 Å². The Morgan fingerprint density at radius 2 is 1.82 bits per heavy atom. The van der Waals surface area contributed by atoms with E-state index in [0.29, 0.717) is 17.3 Å². The lowest BCUT2D eigenvalue weighted by Crippen LogP contribution is -2.49. The van der Waals surface area contributed by atoms with Crippen molar-refractivity contribution in [3.63, 3.8) is 0 Å². The molecule has 1 heteroatoms. The Bertz CT molecular complexity index is 1240. The molecule has 34 heavy (non-hydrogen) atoms. The molecule has 2 fully saturated rings. The fourth-order valence-electron chi connectivity index (χ4n) is 9.20. The topological polar surface area (TPSA) is 17.1 Å². The minimum absolute atomic E-state index is 0.0933. The van der Waals surface area contributed by atoms with E-state index < -0.39 is 0 Å². The van der Waals surface area contributed by atoms with E-state index in [2.05, 4.69) is 73.7 Å². The predicted octanol–water partition coefficient (Wildman–Crippen LogP) is 8.26. The van der Waals surface area contributed by atoms with Gasteiger partial charge in [-0.1, -0.05) is 80.1 Å². The number of aldehydes is 1. The molecule has 0 heterocycles. The number of rotatable bonds is 3. The van der Waals surface area contributed by atoms with Crippen molar-refractivity contribution in [2.75, 3.05) is 0 Å². The van der Waals surface area contributed by atoms with Gasteiger partial charge in [-0.15, -0.1) is 0 Å². The van der Waals surface area contributed by atoms with E-state index in [4.69, 9.17) is 0 Å². The molecule has 5 aliphatic rings. The van der Waals surface area contributed by atoms with Crippen molar-refractivity contribution in [3.8, 4) is 0 Å². The Balaban J connectivity index is 1.33. The average molecular weight is 449 g/mol. The van der Waals surface area contributed by atoms with Gasteiger partial charge in [0.1, 0.15) is 6.29 Å². The second-order valence-electron chi connectivity index (χ2n) is 12.3. The van der Waals surface area contributed by atoms with Crippen LogP contribution in [-0.2, 0) is 4.79 Å². The first kappa shape index (κ1) is 20.9. The highest BCUT2D eigenvalue weighted by atomic mass is 16.1. The van der Waals surface area contributed by atoms with Crippen LogP contribution in [0.5, 0.6) is 0 Å². The molecule has 0 radical (unpaired) electrons. The smallest absolute Gasteiger partial charge is 0.126 e. The fourth-order valence-corrected chi connectivity index (χ4v) is 9.20. The van der Waals surface area contributed by atoms with Gasteiger partial charge in [-0.2, -0.15) is 0 Å². The van der Waals surface area contributed by atoms with Crippen molar-refractivity contribution in [3.05, 3.63) is 77.4 Å². The summed E-state index contributed by atoms with van der Waals surface area (Å²) in [5, 5.41) is 2.82. The van der Waals surface area contributed by atoms with Crippen LogP contribution in [0, 0.1) is 34.5 Å². The summed E-state index contributed by atoms with van der Waals surface area (Å²) in [4.78, 5) is 11.8. The molecule has 7 atom stereocenters. The van der Waals surface area contributed by atoms with Gasteiger partial charge in [0.05, 0.1) is 0 Å². The fraction of sp³-hybridized carbons (Fsp3) is 0.485. The average Bonchev–Trinajstić information content (AvgIpc) is 3.27. The number of hydrogen-bond donors (Lipinski definition) is 0. The normalized spacial score (nSPS) is 39.8. The molecule has 2 aromatic rings. The van der Waals surface area contributed by atoms with E-state index in [1.165, 1.54) is 78.7 Å². The quantitative estimate of drug-likeness (QED) is 0.432. The first-order valence-electron chi connectivity index (χ1n) is 13.7. The first-order chi connectivity index (χ1) is 16.6. The molecule has 0 aromatic heterocycles. The maximum atomic E-state index is 11.8. The summed E-state index contributed by atoms with van der Waals surface area (Å²) in [6.45, 7) is 2.58. The lowest BCUT2D eigenvalue weighted by atomic mass is 9.47. The molecule has 0 saturated heterocycles. The van der Waals surface area contributed by atoms with Gasteiger partial charge in [-0.3, -0.25) is 0 Å². The lowest BCUT2D eigenvalue weighted by molar-refractivity contribution is -0.110. The Labute approximate surface area is 204 Å². The Kier molecular flexibility index (Phi) is 4.64. The third-order valence-corrected chi connectivity index (χ3v) is 10.8. The summed E-state index contributed by atoms with van der Waals surface area (Å²) >= 11 is 0. The van der Waals surface area contributed by atoms with Gasteiger partial charge in [-0.05, 0) is 101 Å². The van der Waals surface area contributed by atoms with E-state index in [0.717, 1.165) is 18.3 Å². The Hall–Kier alpha value is -2.41. The number of hydrogen-bond acceptors (Lipinski definition) is 1. The number of carbonyl (C=O) groups excluding carboxylic acids is 1. The summed E-state index contributed by atoms with van der Waals surface area (Å²) in [5.41, 5.74) is 5.10. The van der Waals surface area contributed by atoms with Crippen molar-refractivity contribution in [1.29, 1.82) is 0 Å². The van der Waals surface area contributed by atoms with Crippen LogP contribution in [0.1, 0.15) is 75.3 Å². The zero-order valence-electron chi connectivity index (χ0n) is 20.4. The maximum absolute atomic E-state index is 11.8. The highest BCUT2D eigenvalue weighted by molar-refractivity contribution is 5.95. The molecule has 7 rings (SSSR count). The van der Waals surface area contributed by atoms with Crippen molar-refractivity contribution in [2.24, 2.45) is 34.5 Å². The van der Waals surface area contributed by atoms with E-state index in [1.54, 1.807) is 0 Å². The van der Waals surface area contributed by atoms with Crippen molar-refractivity contribution < 1.29 is 4.79 Å². The molecule has 0 aliphatic heterocycles. The summed E-state index contributed by atoms with van der Waals surface area (Å²) < 4.78 is 0. The highest BCUT2D eigenvalue weighted by Gasteiger charge is 2.56. The van der Waals surface area contributed by atoms with Gasteiger partial charge in [0.25, 0.3) is 0 Å². The van der Waals surface area contributed by atoms with Gasteiger partial charge in [0.2, 0.25) is 0 Å². The van der Waals surface area contributed by atoms with E-state index in [1.807, 2.05) is 0 Å². The molecule has 2 aromatic carbocycles. The molecule has 2 saturated carbocycles. The molecular weight excluding hydrogens is 412 g/mol. The van der Waals surface area contributed by atoms with Crippen LogP contribution in [0.2, 0.25) is 0 Å². The van der Waals surface area contributed by atoms with Gasteiger partial charge in [-0.25, -0.2) is 0 Å². The maximum Gasteiger partial charge on any atom is 0.126 e. The predicted molar refractivity (Wildman–Crippen MR) is 140 cm³/mol. The van der Waals surface area contributed by atoms with Crippen molar-refractivity contribution >= 4 is 23.1 Å². The molecule has 1 nitrogen and oxygen atoms in total. The highest BCUT2D eigenvalue weighted by Crippen LogP contribution is 2.66. The molecule has 0 bridgehead atoms. The van der Waals surface area contributed by atoms with Crippen molar-refractivity contribution in [1.82, 2.24) is 0 Å². The third-order valence-electron chi connectivity index (χ3n) is 10.8. The summed E-state index contributed by atoms with van der Waals surface area (Å²) in [5.74, 6) is 2.81. The van der Waals surface area contributed by atoms with Crippen LogP contribution in [0.25, 0.3) is 16.8 Å². The zero-order valence-corrected chi connectivity index (χ0v) is 20.4. The summed E-state index contributed by atoms with van der Waals surface area (Å²) in [7, 11) is 0. The number of benzene rings is 2. The van der Waals surface area contributed by atoms with Crippen LogP contribution in [0.3, 0.4) is 0 Å². The van der Waals surface area contributed by atoms with Gasteiger partial charge in [0, 0.05) is 11.8 Å². The Morgan fingerprint density at radius 3 is 2.71 bits per heavy atom. The molecular formula is C33H36O. The SMILES string of the molecule is C[C@@]12CCC[C@H]1[C@@H]1C=CC3=CC(C=O)CC[C@]3(CC3C=Cc4cccc5cccc3c45)[C@H]1CC2. The second kappa shape index (κ2) is 7.54. The zero-order chi connectivity index (χ0) is 22.9. The Morgan fingerprint density at radius 1 is 0.941 bits per heavy atom. The van der Waals surface area contributed by atoms with E-state index in [-0.39, 0.29) is 11.3 Å². The molecule has 0 N–H and O–H groups in total. The van der Waals surface area contributed by atoms with Crippen LogP contribution in [0.15, 0.2) is 66.3 Å². The van der Waals surface area contributed by atoms with E-state index >= 15 is 0 Å². The minimum Gasteiger partial charge on any atom is -0.303 e. The molecule has 0 spiro atoms. The third kappa shape index (κ3) is 2.88. The first-order valence-corrected chi connectivity index (χ1v) is 13.7. The largest absolute Gasteiger partial charge is 0.303 e. The second-order valence-corrected chi connectivity index (χ2v) is 12.3. The van der Waals surface area contributed by atoms with Crippen LogP contribution >= 0.6 is 0 Å². The van der Waals surface area contributed by atoms with Gasteiger partial charge >= 0.3 is 0 Å². The molecule has 0 amide bonds. The molecule has 174 valence electrons. The number of fused-ring (bicyclic) bond motifs is 5. The molecule has 5 aliphatic carbocycles. The minimum atomic E-state index is 0.0933. The number of carbonyl (C=O) groups is 1. The summed E-state index contributed by atoms with van der Waals surface area (Å²) in [6.07, 6.45) is 23.8. The standard InChI is InChI=1S/C33H36O/c1-32-16-4-9-29(32)28-13-12-26-19-22(21-34)14-18-33(26,30(28)15-17-32)20-25-11-10-24-6-2-5-23-7-3-8-27(25)31(23)24/h2-3,5-8,10-13,19,21-22,25,28-30H,4,9,14-18,20H2,1H3/t22?,25?,28-,29-,30-,32-,33+/m0/s1. The summed E-state index contributed by atoms with van der Waals surface area (Å²) in [6, 6.07) is 13.6. The van der Waals surface area contributed by atoms with Crippen molar-refractivity contribution in [2.45, 2.75) is 64.2 Å². The van der Waals surface area contributed by atoms with Gasteiger partial charge in [0.15, 0.2) is 0 Å².